The van der Waals surface area contributed by atoms with E-state index in [2.05, 4.69) is 330 Å². The molecular weight excluding hydrogens is 1180 g/mol. The molecule has 0 aliphatic heterocycles. The molecule has 0 spiro atoms. The number of halogens is 4. The van der Waals surface area contributed by atoms with E-state index in [1.807, 2.05) is 6.07 Å². The smallest absolute Gasteiger partial charge is 0.165 e. The van der Waals surface area contributed by atoms with Crippen LogP contribution in [0.5, 0.6) is 0 Å². The van der Waals surface area contributed by atoms with Crippen LogP contribution in [0.25, 0.3) is 92.8 Å². The SMILES string of the molecule is Cc1c(F)c(F)c(C)c(F)c1F.Cc1c2ccccc2c(C)c2ccccc12.Cc1cc(C)cc(-c2ccccc2)c1.Cc1ccc2c(c1)C(C)(C)c1cc(C)ccc1-2.Cc1ccc2c(c1)c1ccc(C)cc1n2-c1ccccc1.Cc1ccc2c(ccc3cc(C)ccc32)c1. The van der Waals surface area contributed by atoms with Crippen molar-refractivity contribution in [1.82, 2.24) is 4.57 Å². The van der Waals surface area contributed by atoms with Gasteiger partial charge in [-0.15, -0.1) is 0 Å². The largest absolute Gasteiger partial charge is 0.309 e. The van der Waals surface area contributed by atoms with Crippen LogP contribution < -0.4 is 0 Å². The molecule has 5 heteroatoms. The fourth-order valence-electron chi connectivity index (χ4n) is 13.6. The van der Waals surface area contributed by atoms with Gasteiger partial charge in [0, 0.05) is 33.0 Å². The van der Waals surface area contributed by atoms with Crippen molar-refractivity contribution in [2.75, 3.05) is 0 Å². The maximum Gasteiger partial charge on any atom is 0.165 e. The molecule has 0 bridgehead atoms. The van der Waals surface area contributed by atoms with Crippen LogP contribution in [-0.2, 0) is 5.41 Å². The van der Waals surface area contributed by atoms with Gasteiger partial charge in [0.15, 0.2) is 23.3 Å². The lowest BCUT2D eigenvalue weighted by molar-refractivity contribution is 0.436. The first-order valence-electron chi connectivity index (χ1n) is 33.0. The van der Waals surface area contributed by atoms with E-state index in [4.69, 9.17) is 0 Å². The van der Waals surface area contributed by atoms with Crippen molar-refractivity contribution in [1.29, 1.82) is 0 Å². The first-order chi connectivity index (χ1) is 46.0. The Hall–Kier alpha value is -10.4. The molecule has 16 rings (SSSR count). The van der Waals surface area contributed by atoms with E-state index < -0.39 is 34.4 Å². The molecule has 0 saturated carbocycles. The molecule has 0 N–H and O–H groups in total. The third-order valence-corrected chi connectivity index (χ3v) is 18.7. The van der Waals surface area contributed by atoms with Crippen molar-refractivity contribution < 1.29 is 17.6 Å². The number of benzene rings is 14. The fraction of sp³-hybridized carbons (Fsp3) is 0.165. The number of rotatable bonds is 2. The maximum atomic E-state index is 12.7. The Balaban J connectivity index is 0.000000118. The highest BCUT2D eigenvalue weighted by Gasteiger charge is 2.35. The Labute approximate surface area is 564 Å². The van der Waals surface area contributed by atoms with E-state index in [1.54, 1.807) is 0 Å². The second-order valence-corrected chi connectivity index (χ2v) is 26.5. The lowest BCUT2D eigenvalue weighted by atomic mass is 9.81. The highest BCUT2D eigenvalue weighted by molar-refractivity contribution is 6.10. The van der Waals surface area contributed by atoms with E-state index in [0.717, 1.165) is 13.8 Å². The lowest BCUT2D eigenvalue weighted by Crippen LogP contribution is -2.15. The van der Waals surface area contributed by atoms with Crippen molar-refractivity contribution >= 4 is 64.9 Å². The van der Waals surface area contributed by atoms with Gasteiger partial charge in [0.2, 0.25) is 0 Å². The summed E-state index contributed by atoms with van der Waals surface area (Å²) in [7, 11) is 0. The van der Waals surface area contributed by atoms with Gasteiger partial charge in [-0.3, -0.25) is 0 Å². The standard InChI is InChI=1S/C20H17N.C17H18.2C16H14.C14H14.C8H6F4/c1-14-9-11-19-18(12-14)17-10-8-15(2)13-20(17)21(19)16-6-4-3-5-7-16;1-11-5-7-13-14-8-6-12(2)10-16(14)17(3,4)15(13)9-11;1-11-3-7-15-13(9-11)5-6-14-10-12(2)4-8-16(14)15;1-11-13-7-3-5-9-15(13)12(2)16-10-6-4-8-14(11)16;1-11-8-12(2)10-14(9-11)13-6-4-3-5-7-13;1-3-5(9)7(11)4(2)8(12)6(3)10/h3-13H,1-2H3;5-10H,1-4H3;2*3-10H,1-2H3;3-10H,1-2H3;1-2H3. The second-order valence-electron chi connectivity index (χ2n) is 26.5. The summed E-state index contributed by atoms with van der Waals surface area (Å²) in [6, 6.07) is 89.8. The summed E-state index contributed by atoms with van der Waals surface area (Å²) < 4.78 is 53.0. The van der Waals surface area contributed by atoms with Gasteiger partial charge < -0.3 is 4.57 Å². The quantitative estimate of drug-likeness (QED) is 0.0704. The van der Waals surface area contributed by atoms with E-state index >= 15 is 0 Å². The molecule has 0 fully saturated rings. The molecule has 1 aliphatic rings. The molecule has 0 amide bonds. The van der Waals surface area contributed by atoms with Gasteiger partial charge in [-0.25, -0.2) is 17.6 Å². The number of fused-ring (bicyclic) bond motifs is 11. The molecule has 0 saturated heterocycles. The van der Waals surface area contributed by atoms with E-state index in [0.29, 0.717) is 0 Å². The van der Waals surface area contributed by atoms with Gasteiger partial charge in [0.1, 0.15) is 0 Å². The predicted octanol–water partition coefficient (Wildman–Crippen LogP) is 26.1. The average Bonchev–Trinajstić information content (AvgIpc) is 1.57. The lowest BCUT2D eigenvalue weighted by Gasteiger charge is -2.22. The molecule has 1 nitrogen and oxygen atoms in total. The summed E-state index contributed by atoms with van der Waals surface area (Å²) in [5.74, 6) is -5.31. The number of para-hydroxylation sites is 1. The number of aromatic nitrogens is 1. The number of hydrogen-bond donors (Lipinski definition) is 0. The third kappa shape index (κ3) is 13.9. The normalized spacial score (nSPS) is 11.7. The highest BCUT2D eigenvalue weighted by atomic mass is 19.2. The number of nitrogens with zero attached hydrogens (tertiary/aromatic N) is 1. The molecule has 480 valence electrons. The van der Waals surface area contributed by atoms with Crippen molar-refractivity contribution in [2.24, 2.45) is 0 Å². The van der Waals surface area contributed by atoms with E-state index in [9.17, 15) is 17.6 Å². The van der Waals surface area contributed by atoms with E-state index in [1.165, 1.54) is 160 Å². The summed E-state index contributed by atoms with van der Waals surface area (Å²) in [6.07, 6.45) is 0. The van der Waals surface area contributed by atoms with Crippen LogP contribution in [0.15, 0.2) is 249 Å². The van der Waals surface area contributed by atoms with Crippen LogP contribution in [-0.4, -0.2) is 4.57 Å². The van der Waals surface area contributed by atoms with Crippen molar-refractivity contribution in [3.63, 3.8) is 0 Å². The van der Waals surface area contributed by atoms with Crippen LogP contribution in [0.4, 0.5) is 17.6 Å². The van der Waals surface area contributed by atoms with Gasteiger partial charge in [0.05, 0.1) is 11.0 Å². The fourth-order valence-corrected chi connectivity index (χ4v) is 13.6. The zero-order valence-electron chi connectivity index (χ0n) is 57.6. The highest BCUT2D eigenvalue weighted by Crippen LogP contribution is 2.49. The van der Waals surface area contributed by atoms with Crippen LogP contribution in [0.1, 0.15) is 91.7 Å². The Morgan fingerprint density at radius 2 is 0.615 bits per heavy atom. The first-order valence-corrected chi connectivity index (χ1v) is 33.0. The zero-order chi connectivity index (χ0) is 68.3. The van der Waals surface area contributed by atoms with Gasteiger partial charge in [-0.2, -0.15) is 0 Å². The second kappa shape index (κ2) is 28.3. The van der Waals surface area contributed by atoms with E-state index in [-0.39, 0.29) is 5.41 Å². The zero-order valence-corrected chi connectivity index (χ0v) is 57.6. The molecule has 0 atom stereocenters. The molecule has 14 aromatic carbocycles. The monoisotopic (exact) mass is 1270 g/mol. The summed E-state index contributed by atoms with van der Waals surface area (Å²) in [6.45, 7) is 28.2. The molecule has 1 aliphatic carbocycles. The Morgan fingerprint density at radius 3 is 1.06 bits per heavy atom. The van der Waals surface area contributed by atoms with Crippen LogP contribution in [0.2, 0.25) is 0 Å². The summed E-state index contributed by atoms with van der Waals surface area (Å²) in [5, 5.41) is 13.5. The summed E-state index contributed by atoms with van der Waals surface area (Å²) in [5.41, 5.74) is 24.4. The minimum atomic E-state index is -1.33. The molecule has 0 unspecified atom stereocenters. The van der Waals surface area contributed by atoms with Crippen LogP contribution in [0, 0.1) is 106 Å². The summed E-state index contributed by atoms with van der Waals surface area (Å²) in [4.78, 5) is 0. The van der Waals surface area contributed by atoms with Crippen LogP contribution >= 0.6 is 0 Å². The minimum absolute atomic E-state index is 0.142. The molecule has 15 aromatic rings. The van der Waals surface area contributed by atoms with Gasteiger partial charge in [-0.05, 0) is 207 Å². The molecule has 1 heterocycles. The Kier molecular flexibility index (Phi) is 19.8. The first kappa shape index (κ1) is 67.1. The average molecular weight is 1270 g/mol. The number of aryl methyl sites for hydroxylation is 10. The van der Waals surface area contributed by atoms with Crippen molar-refractivity contribution in [3.8, 4) is 27.9 Å². The Morgan fingerprint density at radius 1 is 0.250 bits per heavy atom. The topological polar surface area (TPSA) is 4.93 Å². The van der Waals surface area contributed by atoms with Crippen molar-refractivity contribution in [3.05, 3.63) is 350 Å². The molecular formula is C91H83F4N. The molecule has 1 aromatic heterocycles. The van der Waals surface area contributed by atoms with Crippen LogP contribution in [0.3, 0.4) is 0 Å². The Bertz CT molecular complexity index is 5030. The van der Waals surface area contributed by atoms with Gasteiger partial charge in [0.25, 0.3) is 0 Å². The minimum Gasteiger partial charge on any atom is -0.309 e. The molecule has 96 heavy (non-hydrogen) atoms. The number of hydrogen-bond acceptors (Lipinski definition) is 0. The third-order valence-electron chi connectivity index (χ3n) is 18.7. The van der Waals surface area contributed by atoms with Gasteiger partial charge in [-0.1, -0.05) is 271 Å². The van der Waals surface area contributed by atoms with Crippen molar-refractivity contribution in [2.45, 2.75) is 102 Å². The van der Waals surface area contributed by atoms with Gasteiger partial charge >= 0.3 is 0 Å². The summed E-state index contributed by atoms with van der Waals surface area (Å²) >= 11 is 0. The predicted molar refractivity (Wildman–Crippen MR) is 403 cm³/mol. The molecule has 0 radical (unpaired) electrons. The maximum absolute atomic E-state index is 12.7.